The van der Waals surface area contributed by atoms with Gasteiger partial charge in [0, 0.05) is 13.1 Å². The third-order valence-corrected chi connectivity index (χ3v) is 4.74. The summed E-state index contributed by atoms with van der Waals surface area (Å²) in [7, 11) is -2.01. The summed E-state index contributed by atoms with van der Waals surface area (Å²) in [5, 5.41) is 6.13. The summed E-state index contributed by atoms with van der Waals surface area (Å²) in [4.78, 5) is 16.2. The molecule has 1 heterocycles. The lowest BCUT2D eigenvalue weighted by molar-refractivity contribution is 0.0961. The molecule has 1 rings (SSSR count). The quantitative estimate of drug-likeness (QED) is 0.526. The van der Waals surface area contributed by atoms with Gasteiger partial charge >= 0.3 is 0 Å². The van der Waals surface area contributed by atoms with Crippen LogP contribution in [-0.4, -0.2) is 45.2 Å². The predicted octanol–water partition coefficient (Wildman–Crippen LogP) is -0.174. The van der Waals surface area contributed by atoms with E-state index in [1.165, 1.54) is 7.05 Å². The molecule has 8 nitrogen and oxygen atoms in total. The van der Waals surface area contributed by atoms with Crippen molar-refractivity contribution in [1.82, 2.24) is 15.0 Å². The zero-order chi connectivity index (χ0) is 15.2. The molecule has 0 aromatic carbocycles. The molecule has 0 fully saturated rings. The number of sulfonamides is 1. The fourth-order valence-electron chi connectivity index (χ4n) is 1.28. The highest BCUT2D eigenvalue weighted by Crippen LogP contribution is 2.24. The second kappa shape index (κ2) is 7.41. The highest BCUT2D eigenvalue weighted by molar-refractivity contribution is 7.89. The van der Waals surface area contributed by atoms with Gasteiger partial charge in [-0.15, -0.1) is 0 Å². The standard InChI is InChI=1S/C10H19N5O3S2/c1-3-4-14-10-15-8(11)7(19-10)9(16)13-5-6-20(17,18)12-2/h12H,3-6,11H2,1-2H3,(H,13,16)(H,14,15). The highest BCUT2D eigenvalue weighted by atomic mass is 32.2. The molecule has 0 saturated carbocycles. The van der Waals surface area contributed by atoms with Crippen molar-refractivity contribution in [3.05, 3.63) is 4.88 Å². The van der Waals surface area contributed by atoms with E-state index in [1.807, 2.05) is 6.92 Å². The third kappa shape index (κ3) is 4.94. The number of aromatic nitrogens is 1. The van der Waals surface area contributed by atoms with Gasteiger partial charge in [-0.25, -0.2) is 18.1 Å². The van der Waals surface area contributed by atoms with Gasteiger partial charge in [-0.2, -0.15) is 0 Å². The Morgan fingerprint density at radius 1 is 1.40 bits per heavy atom. The molecule has 0 spiro atoms. The van der Waals surface area contributed by atoms with Gasteiger partial charge in [0.2, 0.25) is 10.0 Å². The zero-order valence-electron chi connectivity index (χ0n) is 11.4. The van der Waals surface area contributed by atoms with Crippen molar-refractivity contribution in [3.63, 3.8) is 0 Å². The molecule has 0 saturated heterocycles. The monoisotopic (exact) mass is 321 g/mol. The predicted molar refractivity (Wildman–Crippen MR) is 80.5 cm³/mol. The number of hydrogen-bond donors (Lipinski definition) is 4. The van der Waals surface area contributed by atoms with E-state index in [4.69, 9.17) is 5.73 Å². The van der Waals surface area contributed by atoms with Crippen LogP contribution in [0.4, 0.5) is 10.9 Å². The summed E-state index contributed by atoms with van der Waals surface area (Å²) in [5.74, 6) is -0.465. The average Bonchev–Trinajstić information content (AvgIpc) is 2.77. The van der Waals surface area contributed by atoms with Crippen LogP contribution in [0, 0.1) is 0 Å². The van der Waals surface area contributed by atoms with Gasteiger partial charge in [-0.1, -0.05) is 18.3 Å². The third-order valence-electron chi connectivity index (χ3n) is 2.35. The molecule has 0 atom stereocenters. The van der Waals surface area contributed by atoms with E-state index in [9.17, 15) is 13.2 Å². The minimum atomic E-state index is -3.33. The number of nitrogens with zero attached hydrogens (tertiary/aromatic N) is 1. The second-order valence-electron chi connectivity index (χ2n) is 3.94. The molecule has 0 aliphatic rings. The molecule has 5 N–H and O–H groups in total. The summed E-state index contributed by atoms with van der Waals surface area (Å²) in [5.41, 5.74) is 5.67. The first-order valence-electron chi connectivity index (χ1n) is 6.09. The van der Waals surface area contributed by atoms with Gasteiger partial charge < -0.3 is 16.4 Å². The Labute approximate surface area is 122 Å². The Morgan fingerprint density at radius 2 is 2.10 bits per heavy atom. The van der Waals surface area contributed by atoms with E-state index in [1.54, 1.807) is 0 Å². The molecule has 0 unspecified atom stereocenters. The van der Waals surface area contributed by atoms with Crippen LogP contribution in [0.3, 0.4) is 0 Å². The van der Waals surface area contributed by atoms with Gasteiger partial charge in [0.1, 0.15) is 10.7 Å². The number of nitrogen functional groups attached to an aromatic ring is 1. The summed E-state index contributed by atoms with van der Waals surface area (Å²) < 4.78 is 24.6. The van der Waals surface area contributed by atoms with Crippen molar-refractivity contribution in [2.75, 3.05) is 36.9 Å². The summed E-state index contributed by atoms with van der Waals surface area (Å²) in [6.45, 7) is 2.77. The van der Waals surface area contributed by atoms with Crippen LogP contribution in [0.2, 0.25) is 0 Å². The second-order valence-corrected chi connectivity index (χ2v) is 6.98. The normalized spacial score (nSPS) is 11.3. The molecule has 1 amide bonds. The highest BCUT2D eigenvalue weighted by Gasteiger charge is 2.16. The summed E-state index contributed by atoms with van der Waals surface area (Å²) >= 11 is 1.15. The molecule has 1 aromatic rings. The van der Waals surface area contributed by atoms with Crippen LogP contribution in [0.15, 0.2) is 0 Å². The van der Waals surface area contributed by atoms with Crippen molar-refractivity contribution < 1.29 is 13.2 Å². The topological polar surface area (TPSA) is 126 Å². The fraction of sp³-hybridized carbons (Fsp3) is 0.600. The van der Waals surface area contributed by atoms with Crippen LogP contribution >= 0.6 is 11.3 Å². The van der Waals surface area contributed by atoms with E-state index in [2.05, 4.69) is 20.3 Å². The number of thiazole rings is 1. The Bertz CT molecular complexity index is 555. The lowest BCUT2D eigenvalue weighted by Gasteiger charge is -2.04. The number of nitrogens with one attached hydrogen (secondary N) is 3. The van der Waals surface area contributed by atoms with Crippen LogP contribution < -0.4 is 21.1 Å². The van der Waals surface area contributed by atoms with Crippen molar-refractivity contribution >= 4 is 38.2 Å². The Morgan fingerprint density at radius 3 is 2.70 bits per heavy atom. The average molecular weight is 321 g/mol. The first-order valence-corrected chi connectivity index (χ1v) is 8.56. The number of carbonyl (C=O) groups excluding carboxylic acids is 1. The zero-order valence-corrected chi connectivity index (χ0v) is 13.0. The molecular formula is C10H19N5O3S2. The van der Waals surface area contributed by atoms with E-state index in [0.717, 1.165) is 24.3 Å². The molecule has 114 valence electrons. The molecule has 0 bridgehead atoms. The van der Waals surface area contributed by atoms with E-state index >= 15 is 0 Å². The molecule has 0 radical (unpaired) electrons. The van der Waals surface area contributed by atoms with Crippen molar-refractivity contribution in [3.8, 4) is 0 Å². The Kier molecular flexibility index (Phi) is 6.17. The van der Waals surface area contributed by atoms with Gasteiger partial charge in [0.15, 0.2) is 5.13 Å². The van der Waals surface area contributed by atoms with Crippen LogP contribution in [0.1, 0.15) is 23.0 Å². The number of carbonyl (C=O) groups is 1. The Balaban J connectivity index is 2.57. The van der Waals surface area contributed by atoms with Crippen LogP contribution in [-0.2, 0) is 10.0 Å². The first kappa shape index (κ1) is 16.7. The number of anilines is 2. The summed E-state index contributed by atoms with van der Waals surface area (Å²) in [6, 6.07) is 0. The molecule has 20 heavy (non-hydrogen) atoms. The lowest BCUT2D eigenvalue weighted by Crippen LogP contribution is -2.32. The van der Waals surface area contributed by atoms with Crippen molar-refractivity contribution in [2.24, 2.45) is 0 Å². The maximum absolute atomic E-state index is 11.9. The minimum Gasteiger partial charge on any atom is -0.382 e. The smallest absolute Gasteiger partial charge is 0.265 e. The van der Waals surface area contributed by atoms with Gasteiger partial charge in [-0.3, -0.25) is 4.79 Å². The molecule has 0 aliphatic heterocycles. The minimum absolute atomic E-state index is 0.0110. The number of rotatable bonds is 8. The maximum atomic E-state index is 11.9. The van der Waals surface area contributed by atoms with E-state index < -0.39 is 15.9 Å². The van der Waals surface area contributed by atoms with Crippen LogP contribution in [0.5, 0.6) is 0 Å². The molecule has 10 heteroatoms. The number of hydrogen-bond acceptors (Lipinski definition) is 7. The SMILES string of the molecule is CCCNc1nc(N)c(C(=O)NCCS(=O)(=O)NC)s1. The van der Waals surface area contributed by atoms with Crippen molar-refractivity contribution in [1.29, 1.82) is 0 Å². The fourth-order valence-corrected chi connectivity index (χ4v) is 2.69. The number of amides is 1. The first-order chi connectivity index (χ1) is 9.39. The van der Waals surface area contributed by atoms with Gasteiger partial charge in [-0.05, 0) is 13.5 Å². The maximum Gasteiger partial charge on any atom is 0.265 e. The Hall–Kier alpha value is -1.39. The molecule has 1 aromatic heterocycles. The lowest BCUT2D eigenvalue weighted by atomic mass is 10.4. The number of nitrogens with two attached hydrogens (primary N) is 1. The largest absolute Gasteiger partial charge is 0.382 e. The van der Waals surface area contributed by atoms with E-state index in [0.29, 0.717) is 5.13 Å². The molecular weight excluding hydrogens is 302 g/mol. The summed E-state index contributed by atoms with van der Waals surface area (Å²) in [6.07, 6.45) is 0.933. The van der Waals surface area contributed by atoms with Gasteiger partial charge in [0.05, 0.1) is 5.75 Å². The van der Waals surface area contributed by atoms with Gasteiger partial charge in [0.25, 0.3) is 5.91 Å². The van der Waals surface area contributed by atoms with E-state index in [-0.39, 0.29) is 23.0 Å². The van der Waals surface area contributed by atoms with Crippen molar-refractivity contribution in [2.45, 2.75) is 13.3 Å². The molecule has 0 aliphatic carbocycles. The van der Waals surface area contributed by atoms with Crippen LogP contribution in [0.25, 0.3) is 0 Å².